The molecule has 0 aliphatic heterocycles. The number of esters is 1. The molecule has 0 rings (SSSR count). The van der Waals surface area contributed by atoms with Crippen LogP contribution in [0.4, 0.5) is 145 Å². The third-order valence-electron chi connectivity index (χ3n) is 7.03. The Morgan fingerprint density at radius 2 is 0.526 bits per heavy atom. The number of carbonyl (C=O) groups excluding carboxylic acids is 1. The van der Waals surface area contributed by atoms with E-state index in [1.807, 2.05) is 0 Å². The predicted octanol–water partition coefficient (Wildman–Crippen LogP) is 11.6. The minimum absolute atomic E-state index is 0.118. The number of halogens is 33. The lowest BCUT2D eigenvalue weighted by Crippen LogP contribution is -2.80. The van der Waals surface area contributed by atoms with E-state index in [1.54, 1.807) is 0 Å². The number of hydrogen-bond acceptors (Lipinski definition) is 2. The number of hydrogen-bond donors (Lipinski definition) is 0. The molecule has 0 spiro atoms. The molecule has 0 aromatic rings. The molecule has 2 nitrogen and oxygen atoms in total. The Hall–Kier alpha value is -3.10. The van der Waals surface area contributed by atoms with Crippen LogP contribution in [0.3, 0.4) is 0 Å². The molecule has 0 N–H and O–H groups in total. The molecular weight excluding hydrogens is 923 g/mol. The van der Waals surface area contributed by atoms with Crippen LogP contribution in [0.25, 0.3) is 0 Å². The van der Waals surface area contributed by atoms with Gasteiger partial charge in [0.2, 0.25) is 0 Å². The topological polar surface area (TPSA) is 26.3 Å². The van der Waals surface area contributed by atoms with Gasteiger partial charge in [-0.25, -0.2) is 4.79 Å². The van der Waals surface area contributed by atoms with E-state index in [0.717, 1.165) is 0 Å². The van der Waals surface area contributed by atoms with Gasteiger partial charge in [0.1, 0.15) is 5.57 Å². The summed E-state index contributed by atoms with van der Waals surface area (Å²) < 4.78 is 455. The highest BCUT2D eigenvalue weighted by Gasteiger charge is 3.02. The summed E-state index contributed by atoms with van der Waals surface area (Å²) in [5.41, 5.74) is -3.33. The van der Waals surface area contributed by atoms with Crippen molar-refractivity contribution in [1.82, 2.24) is 0 Å². The lowest BCUT2D eigenvalue weighted by molar-refractivity contribution is -0.490. The fraction of sp³-hybridized carbons (Fsp3) is 0.864. The third-order valence-corrected chi connectivity index (χ3v) is 7.03. The van der Waals surface area contributed by atoms with Gasteiger partial charge in [-0.3, -0.25) is 0 Å². The number of carbonyl (C=O) groups is 1. The minimum Gasteiger partial charge on any atom is -0.465 e. The van der Waals surface area contributed by atoms with Crippen molar-refractivity contribution in [2.24, 2.45) is 0 Å². The van der Waals surface area contributed by atoms with Crippen LogP contribution in [0.2, 0.25) is 0 Å². The van der Waals surface area contributed by atoms with Crippen LogP contribution in [0, 0.1) is 0 Å². The fourth-order valence-electron chi connectivity index (χ4n) is 3.56. The van der Waals surface area contributed by atoms with Crippen LogP contribution in [-0.2, 0) is 9.53 Å². The second kappa shape index (κ2) is 13.7. The normalized spacial score (nSPS) is 16.9. The van der Waals surface area contributed by atoms with Crippen molar-refractivity contribution < 1.29 is 154 Å². The Morgan fingerprint density at radius 1 is 0.351 bits per heavy atom. The molecule has 0 aliphatic rings. The molecule has 0 fully saturated rings. The highest BCUT2D eigenvalue weighted by molar-refractivity contribution is 5.90. The summed E-state index contributed by atoms with van der Waals surface area (Å²) in [5, 5.41) is 0. The SMILES string of the molecule is CCC=C(C(=O)OC)C(F)(F)C(F)(F)C(F)(F)C(F)(F)C(F)(F)C(F)(F)C(F)(F)C(F)(F)C(F)(F)C(F)(F)C(F)(F)C(F)(F)C(F)(F)C(F)(F)C(F)(F)C(F)(F)F. The van der Waals surface area contributed by atoms with Crippen LogP contribution >= 0.6 is 0 Å². The molecular formula is C22H9F33O2. The van der Waals surface area contributed by atoms with E-state index < -0.39 is 119 Å². The lowest BCUT2D eigenvalue weighted by atomic mass is 9.82. The first-order chi connectivity index (χ1) is 24.2. The van der Waals surface area contributed by atoms with Crippen molar-refractivity contribution >= 4 is 5.97 Å². The van der Waals surface area contributed by atoms with Gasteiger partial charge in [0.25, 0.3) is 0 Å². The molecule has 0 saturated carbocycles. The number of alkyl halides is 33. The van der Waals surface area contributed by atoms with Gasteiger partial charge in [-0.15, -0.1) is 0 Å². The van der Waals surface area contributed by atoms with E-state index in [0.29, 0.717) is 6.92 Å². The Labute approximate surface area is 288 Å². The van der Waals surface area contributed by atoms with Gasteiger partial charge < -0.3 is 4.74 Å². The quantitative estimate of drug-likeness (QED) is 0.0825. The maximum atomic E-state index is 14.3. The number of rotatable bonds is 17. The summed E-state index contributed by atoms with van der Waals surface area (Å²) in [5.74, 6) is -147. The first-order valence-electron chi connectivity index (χ1n) is 12.7. The van der Waals surface area contributed by atoms with E-state index in [4.69, 9.17) is 0 Å². The molecule has 0 aromatic heterocycles. The Morgan fingerprint density at radius 3 is 0.684 bits per heavy atom. The Balaban J connectivity index is 7.86. The highest BCUT2D eigenvalue weighted by Crippen LogP contribution is 2.70. The minimum atomic E-state index is -10.2. The van der Waals surface area contributed by atoms with Gasteiger partial charge in [0.15, 0.2) is 0 Å². The van der Waals surface area contributed by atoms with E-state index in [-0.39, 0.29) is 7.11 Å². The fourth-order valence-corrected chi connectivity index (χ4v) is 3.56. The van der Waals surface area contributed by atoms with Crippen molar-refractivity contribution in [3.05, 3.63) is 11.6 Å². The van der Waals surface area contributed by atoms with Crippen LogP contribution in [0.1, 0.15) is 13.3 Å². The first-order valence-corrected chi connectivity index (χ1v) is 12.7. The highest BCUT2D eigenvalue weighted by atomic mass is 19.4. The molecule has 0 atom stereocenters. The van der Waals surface area contributed by atoms with Gasteiger partial charge in [-0.1, -0.05) is 13.0 Å². The molecule has 0 bridgehead atoms. The largest absolute Gasteiger partial charge is 0.465 e. The van der Waals surface area contributed by atoms with Crippen molar-refractivity contribution in [1.29, 1.82) is 0 Å². The molecule has 0 saturated heterocycles. The second-order valence-corrected chi connectivity index (χ2v) is 10.6. The van der Waals surface area contributed by atoms with Crippen LogP contribution in [0.5, 0.6) is 0 Å². The first kappa shape index (κ1) is 53.9. The maximum absolute atomic E-state index is 14.3. The average molecular weight is 932 g/mol. The van der Waals surface area contributed by atoms with Gasteiger partial charge in [0, 0.05) is 0 Å². The van der Waals surface area contributed by atoms with Crippen molar-refractivity contribution in [3.8, 4) is 0 Å². The standard InChI is InChI=1S/C22H9F33O2/c1-3-4-5(6(56)57-2)7(23,24)8(25,26)9(27,28)10(29,30)11(31,32)12(33,34)13(35,36)14(37,38)15(39,40)16(41,42)17(43,44)18(45,46)19(47,48)20(49,50)21(51,52)22(53,54)55/h4H,3H2,1-2H3. The lowest BCUT2D eigenvalue weighted by Gasteiger charge is -2.47. The van der Waals surface area contributed by atoms with E-state index in [2.05, 4.69) is 4.74 Å². The molecule has 35 heteroatoms. The summed E-state index contributed by atoms with van der Waals surface area (Å²) in [6, 6.07) is 0. The molecule has 0 aliphatic carbocycles. The van der Waals surface area contributed by atoms with Gasteiger partial charge in [-0.2, -0.15) is 145 Å². The van der Waals surface area contributed by atoms with Crippen LogP contribution in [-0.4, -0.2) is 108 Å². The number of methoxy groups -OCH3 is 1. The zero-order valence-corrected chi connectivity index (χ0v) is 25.6. The molecule has 0 aromatic carbocycles. The van der Waals surface area contributed by atoms with Gasteiger partial charge in [-0.05, 0) is 6.42 Å². The average Bonchev–Trinajstić information content (AvgIpc) is 3.00. The van der Waals surface area contributed by atoms with E-state index in [1.165, 1.54) is 0 Å². The third kappa shape index (κ3) is 6.35. The maximum Gasteiger partial charge on any atom is 0.460 e. The van der Waals surface area contributed by atoms with E-state index in [9.17, 15) is 150 Å². The Bertz CT molecular complexity index is 1510. The van der Waals surface area contributed by atoms with Crippen LogP contribution in [0.15, 0.2) is 11.6 Å². The zero-order valence-electron chi connectivity index (χ0n) is 25.6. The van der Waals surface area contributed by atoms with Crippen molar-refractivity contribution in [2.45, 2.75) is 108 Å². The molecule has 0 heterocycles. The molecule has 0 unspecified atom stereocenters. The Kier molecular flexibility index (Phi) is 13.0. The summed E-state index contributed by atoms with van der Waals surface area (Å²) in [7, 11) is -0.118. The molecule has 0 radical (unpaired) electrons. The van der Waals surface area contributed by atoms with Gasteiger partial charge in [0.05, 0.1) is 7.11 Å². The summed E-state index contributed by atoms with van der Waals surface area (Å²) in [6.45, 7) is 0.477. The summed E-state index contributed by atoms with van der Waals surface area (Å²) in [6.07, 6.45) is -10.4. The summed E-state index contributed by atoms with van der Waals surface area (Å²) >= 11 is 0. The second-order valence-electron chi connectivity index (χ2n) is 10.6. The molecule has 340 valence electrons. The summed E-state index contributed by atoms with van der Waals surface area (Å²) in [4.78, 5) is 11.3. The number of ether oxygens (including phenoxy) is 1. The molecule has 57 heavy (non-hydrogen) atoms. The number of allylic oxidation sites excluding steroid dienone is 1. The molecule has 0 amide bonds. The zero-order chi connectivity index (χ0) is 47.3. The smallest absolute Gasteiger partial charge is 0.460 e. The van der Waals surface area contributed by atoms with E-state index >= 15 is 0 Å². The predicted molar refractivity (Wildman–Crippen MR) is 111 cm³/mol. The van der Waals surface area contributed by atoms with Crippen LogP contribution < -0.4 is 0 Å². The van der Waals surface area contributed by atoms with Crippen molar-refractivity contribution in [2.75, 3.05) is 7.11 Å². The van der Waals surface area contributed by atoms with Gasteiger partial charge >= 0.3 is 101 Å². The monoisotopic (exact) mass is 932 g/mol. The van der Waals surface area contributed by atoms with Crippen molar-refractivity contribution in [3.63, 3.8) is 0 Å².